The Morgan fingerprint density at radius 2 is 1.86 bits per heavy atom. The first-order valence-electron chi connectivity index (χ1n) is 8.84. The van der Waals surface area contributed by atoms with Crippen LogP contribution in [-0.4, -0.2) is 62.2 Å². The van der Waals surface area contributed by atoms with E-state index in [0.717, 1.165) is 44.4 Å². The Morgan fingerprint density at radius 1 is 1.14 bits per heavy atom. The van der Waals surface area contributed by atoms with Crippen LogP contribution in [0.1, 0.15) is 6.92 Å². The predicted molar refractivity (Wildman–Crippen MR) is 102 cm³/mol. The first-order valence-corrected chi connectivity index (χ1v) is 10.3. The summed E-state index contributed by atoms with van der Waals surface area (Å²) in [6.07, 6.45) is 0.857. The van der Waals surface area contributed by atoms with Gasteiger partial charge in [-0.2, -0.15) is 0 Å². The molecule has 1 aliphatic heterocycles. The van der Waals surface area contributed by atoms with Crippen molar-refractivity contribution in [2.75, 3.05) is 42.3 Å². The zero-order chi connectivity index (χ0) is 20.3. The number of aliphatic hydroxyl groups is 1. The van der Waals surface area contributed by atoms with Crippen LogP contribution < -0.4 is 9.62 Å². The number of benzene rings is 1. The van der Waals surface area contributed by atoms with Crippen LogP contribution in [0.25, 0.3) is 0 Å². The minimum absolute atomic E-state index is 0.0720. The molecule has 0 amide bonds. The third kappa shape index (κ3) is 4.94. The number of halogens is 2. The van der Waals surface area contributed by atoms with Gasteiger partial charge in [-0.25, -0.2) is 22.2 Å². The highest BCUT2D eigenvalue weighted by molar-refractivity contribution is 7.92. The number of aromatic nitrogens is 1. The number of piperazine rings is 1. The second-order valence-electron chi connectivity index (χ2n) is 6.72. The second-order valence-corrected chi connectivity index (χ2v) is 8.41. The molecule has 152 valence electrons. The van der Waals surface area contributed by atoms with Gasteiger partial charge >= 0.3 is 0 Å². The van der Waals surface area contributed by atoms with Gasteiger partial charge < -0.3 is 10.0 Å². The van der Waals surface area contributed by atoms with Gasteiger partial charge in [-0.05, 0) is 31.2 Å². The third-order valence-corrected chi connectivity index (χ3v) is 5.79. The zero-order valence-electron chi connectivity index (χ0n) is 15.3. The lowest BCUT2D eigenvalue weighted by atomic mass is 10.2. The van der Waals surface area contributed by atoms with Crippen molar-refractivity contribution in [3.8, 4) is 0 Å². The third-order valence-electron chi connectivity index (χ3n) is 4.42. The summed E-state index contributed by atoms with van der Waals surface area (Å²) in [5, 5.41) is 9.46. The molecule has 1 atom stereocenters. The van der Waals surface area contributed by atoms with Gasteiger partial charge in [-0.15, -0.1) is 0 Å². The summed E-state index contributed by atoms with van der Waals surface area (Å²) < 4.78 is 53.3. The number of pyridine rings is 1. The van der Waals surface area contributed by atoms with Crippen LogP contribution in [0.15, 0.2) is 41.4 Å². The summed E-state index contributed by atoms with van der Waals surface area (Å²) in [6, 6.07) is 5.81. The Kier molecular flexibility index (Phi) is 6.11. The van der Waals surface area contributed by atoms with Crippen LogP contribution in [0.4, 0.5) is 20.3 Å². The van der Waals surface area contributed by atoms with Gasteiger partial charge in [0.1, 0.15) is 10.7 Å². The summed E-state index contributed by atoms with van der Waals surface area (Å²) in [4.78, 5) is 8.36. The minimum atomic E-state index is -3.97. The molecule has 7 nitrogen and oxygen atoms in total. The van der Waals surface area contributed by atoms with E-state index in [1.165, 1.54) is 12.3 Å². The van der Waals surface area contributed by atoms with Crippen LogP contribution in [0.5, 0.6) is 0 Å². The predicted octanol–water partition coefficient (Wildman–Crippen LogP) is 1.66. The van der Waals surface area contributed by atoms with E-state index >= 15 is 0 Å². The molecule has 1 aromatic heterocycles. The first-order chi connectivity index (χ1) is 13.2. The maximum absolute atomic E-state index is 13.3. The summed E-state index contributed by atoms with van der Waals surface area (Å²) in [5.74, 6) is -1.53. The highest BCUT2D eigenvalue weighted by Crippen LogP contribution is 2.20. The fraction of sp³-hybridized carbons (Fsp3) is 0.389. The Morgan fingerprint density at radius 3 is 2.43 bits per heavy atom. The molecule has 1 fully saturated rings. The number of hydrogen-bond donors (Lipinski definition) is 2. The van der Waals surface area contributed by atoms with E-state index in [2.05, 4.69) is 14.6 Å². The number of aliphatic hydroxyl groups excluding tert-OH is 1. The van der Waals surface area contributed by atoms with Crippen LogP contribution in [0, 0.1) is 11.6 Å². The largest absolute Gasteiger partial charge is 0.392 e. The number of nitrogens with zero attached hydrogens (tertiary/aromatic N) is 3. The second kappa shape index (κ2) is 8.38. The molecule has 3 rings (SSSR count). The Labute approximate surface area is 162 Å². The quantitative estimate of drug-likeness (QED) is 0.751. The van der Waals surface area contributed by atoms with E-state index in [1.54, 1.807) is 13.0 Å². The SMILES string of the molecule is C[C@@H](O)CN1CCN(c2ccc(S(=O)(=O)Nc3ccc(F)c(F)c3)cn2)CC1. The molecule has 2 heterocycles. The van der Waals surface area contributed by atoms with Crippen molar-refractivity contribution in [1.82, 2.24) is 9.88 Å². The zero-order valence-corrected chi connectivity index (χ0v) is 16.2. The van der Waals surface area contributed by atoms with Crippen molar-refractivity contribution in [2.45, 2.75) is 17.9 Å². The van der Waals surface area contributed by atoms with Crippen molar-refractivity contribution in [2.24, 2.45) is 0 Å². The lowest BCUT2D eigenvalue weighted by molar-refractivity contribution is 0.122. The molecule has 0 unspecified atom stereocenters. The van der Waals surface area contributed by atoms with Crippen molar-refractivity contribution in [3.05, 3.63) is 48.2 Å². The molecule has 0 bridgehead atoms. The molecule has 2 N–H and O–H groups in total. The molecule has 0 aliphatic carbocycles. The van der Waals surface area contributed by atoms with E-state index in [4.69, 9.17) is 0 Å². The number of β-amino-alcohol motifs (C(OH)–C–C–N with tert-alkyl or cyclic N) is 1. The molecule has 0 spiro atoms. The van der Waals surface area contributed by atoms with Crippen molar-refractivity contribution >= 4 is 21.5 Å². The van der Waals surface area contributed by atoms with Gasteiger partial charge in [0.2, 0.25) is 0 Å². The topological polar surface area (TPSA) is 85.8 Å². The van der Waals surface area contributed by atoms with Gasteiger partial charge in [0.25, 0.3) is 10.0 Å². The van der Waals surface area contributed by atoms with Gasteiger partial charge in [0.05, 0.1) is 11.8 Å². The average molecular weight is 412 g/mol. The summed E-state index contributed by atoms with van der Waals surface area (Å²) in [6.45, 7) is 5.38. The van der Waals surface area contributed by atoms with Crippen LogP contribution in [-0.2, 0) is 10.0 Å². The lowest BCUT2D eigenvalue weighted by Crippen LogP contribution is -2.48. The van der Waals surface area contributed by atoms with Crippen molar-refractivity contribution in [3.63, 3.8) is 0 Å². The molecule has 1 saturated heterocycles. The molecular weight excluding hydrogens is 390 g/mol. The average Bonchev–Trinajstić information content (AvgIpc) is 2.65. The van der Waals surface area contributed by atoms with Gasteiger partial charge in [0.15, 0.2) is 11.6 Å². The normalized spacial score (nSPS) is 16.8. The Hall–Kier alpha value is -2.30. The fourth-order valence-corrected chi connectivity index (χ4v) is 4.02. The molecule has 10 heteroatoms. The fourth-order valence-electron chi connectivity index (χ4n) is 3.03. The van der Waals surface area contributed by atoms with Crippen LogP contribution >= 0.6 is 0 Å². The van der Waals surface area contributed by atoms with Crippen molar-refractivity contribution < 1.29 is 22.3 Å². The maximum Gasteiger partial charge on any atom is 0.263 e. The lowest BCUT2D eigenvalue weighted by Gasteiger charge is -2.35. The molecule has 2 aromatic rings. The van der Waals surface area contributed by atoms with Crippen molar-refractivity contribution in [1.29, 1.82) is 0 Å². The summed E-state index contributed by atoms with van der Waals surface area (Å²) >= 11 is 0. The monoisotopic (exact) mass is 412 g/mol. The van der Waals surface area contributed by atoms with E-state index in [1.807, 2.05) is 4.90 Å². The van der Waals surface area contributed by atoms with E-state index in [9.17, 15) is 22.3 Å². The number of hydrogen-bond acceptors (Lipinski definition) is 6. The van der Waals surface area contributed by atoms with Gasteiger partial charge in [0, 0.05) is 45.0 Å². The standard InChI is InChI=1S/C18H22F2N4O3S/c1-13(25)12-23-6-8-24(9-7-23)18-5-3-15(11-21-18)28(26,27)22-14-2-4-16(19)17(20)10-14/h2-5,10-11,13,22,25H,6-9,12H2,1H3/t13-/m1/s1. The first kappa shape index (κ1) is 20.4. The molecule has 0 saturated carbocycles. The van der Waals surface area contributed by atoms with Gasteiger partial charge in [-0.3, -0.25) is 9.62 Å². The number of anilines is 2. The van der Waals surface area contributed by atoms with Gasteiger partial charge in [-0.1, -0.05) is 0 Å². The molecule has 1 aliphatic rings. The van der Waals surface area contributed by atoms with E-state index < -0.39 is 21.7 Å². The number of sulfonamides is 1. The highest BCUT2D eigenvalue weighted by atomic mass is 32.2. The minimum Gasteiger partial charge on any atom is -0.392 e. The molecule has 0 radical (unpaired) electrons. The smallest absolute Gasteiger partial charge is 0.263 e. The van der Waals surface area contributed by atoms with Crippen LogP contribution in [0.2, 0.25) is 0 Å². The molecule has 1 aromatic carbocycles. The van der Waals surface area contributed by atoms with E-state index in [-0.39, 0.29) is 16.7 Å². The van der Waals surface area contributed by atoms with E-state index in [0.29, 0.717) is 12.4 Å². The maximum atomic E-state index is 13.3. The number of rotatable bonds is 6. The Bertz CT molecular complexity index is 915. The molecular formula is C18H22F2N4O3S. The van der Waals surface area contributed by atoms with Crippen LogP contribution in [0.3, 0.4) is 0 Å². The molecule has 28 heavy (non-hydrogen) atoms. The summed E-state index contributed by atoms with van der Waals surface area (Å²) in [5.41, 5.74) is -0.0720. The highest BCUT2D eigenvalue weighted by Gasteiger charge is 2.20. The number of nitrogens with one attached hydrogen (secondary N) is 1. The summed E-state index contributed by atoms with van der Waals surface area (Å²) in [7, 11) is -3.97. The Balaban J connectivity index is 1.65.